The highest BCUT2D eigenvalue weighted by Crippen LogP contribution is 2.37. The van der Waals surface area contributed by atoms with Gasteiger partial charge in [0.05, 0.1) is 9.75 Å². The minimum absolute atomic E-state index is 0.358. The summed E-state index contributed by atoms with van der Waals surface area (Å²) in [6, 6.07) is 20.5. The van der Waals surface area contributed by atoms with E-state index in [-0.39, 0.29) is 9.75 Å². The number of rotatable bonds is 10. The molecule has 0 fully saturated rings. The molecule has 0 amide bonds. The first-order valence-corrected chi connectivity index (χ1v) is 9.86. The molecular formula is C22H28Cl2O. The third kappa shape index (κ3) is 5.48. The van der Waals surface area contributed by atoms with Crippen LogP contribution < -0.4 is 0 Å². The van der Waals surface area contributed by atoms with Crippen molar-refractivity contribution in [2.45, 2.75) is 49.3 Å². The Kier molecular flexibility index (Phi) is 7.81. The lowest BCUT2D eigenvalue weighted by Gasteiger charge is -2.28. The summed E-state index contributed by atoms with van der Waals surface area (Å²) in [5.41, 5.74) is 2.32. The van der Waals surface area contributed by atoms with Crippen LogP contribution in [0.25, 0.3) is 0 Å². The Balaban J connectivity index is 1.84. The third-order valence-corrected chi connectivity index (χ3v) is 6.34. The van der Waals surface area contributed by atoms with E-state index in [0.29, 0.717) is 13.2 Å². The van der Waals surface area contributed by atoms with E-state index in [4.69, 9.17) is 27.9 Å². The molecule has 3 heteroatoms. The predicted octanol–water partition coefficient (Wildman–Crippen LogP) is 6.87. The van der Waals surface area contributed by atoms with Gasteiger partial charge in [0, 0.05) is 13.2 Å². The molecule has 0 aliphatic rings. The molecule has 2 aromatic rings. The summed E-state index contributed by atoms with van der Waals surface area (Å²) in [6.07, 6.45) is 3.34. The zero-order chi connectivity index (χ0) is 18.2. The van der Waals surface area contributed by atoms with Crippen molar-refractivity contribution in [3.63, 3.8) is 0 Å². The van der Waals surface area contributed by atoms with Gasteiger partial charge in [0.15, 0.2) is 0 Å². The van der Waals surface area contributed by atoms with E-state index in [0.717, 1.165) is 36.8 Å². The second kappa shape index (κ2) is 9.62. The fourth-order valence-electron chi connectivity index (χ4n) is 3.09. The molecule has 0 aromatic heterocycles. The van der Waals surface area contributed by atoms with E-state index < -0.39 is 0 Å². The van der Waals surface area contributed by atoms with Crippen LogP contribution in [-0.2, 0) is 14.5 Å². The van der Waals surface area contributed by atoms with Gasteiger partial charge in [-0.05, 0) is 36.8 Å². The minimum Gasteiger partial charge on any atom is -0.381 e. The van der Waals surface area contributed by atoms with Crippen LogP contribution in [-0.4, -0.2) is 13.2 Å². The summed E-state index contributed by atoms with van der Waals surface area (Å²) in [5.74, 6) is 0. The van der Waals surface area contributed by atoms with Gasteiger partial charge in [-0.15, -0.1) is 23.2 Å². The molecule has 0 aliphatic carbocycles. The maximum atomic E-state index is 6.84. The zero-order valence-electron chi connectivity index (χ0n) is 15.2. The molecule has 2 unspecified atom stereocenters. The Morgan fingerprint density at radius 3 is 1.36 bits per heavy atom. The van der Waals surface area contributed by atoms with Gasteiger partial charge >= 0.3 is 0 Å². The Morgan fingerprint density at radius 1 is 0.680 bits per heavy atom. The van der Waals surface area contributed by atoms with Gasteiger partial charge in [-0.3, -0.25) is 0 Å². The molecule has 2 aromatic carbocycles. The van der Waals surface area contributed by atoms with Crippen LogP contribution in [0.3, 0.4) is 0 Å². The van der Waals surface area contributed by atoms with Crippen molar-refractivity contribution in [2.24, 2.45) is 0 Å². The smallest absolute Gasteiger partial charge is 0.0714 e. The van der Waals surface area contributed by atoms with Crippen LogP contribution >= 0.6 is 23.2 Å². The molecule has 0 saturated heterocycles. The molecule has 0 aliphatic heterocycles. The van der Waals surface area contributed by atoms with Gasteiger partial charge in [-0.1, -0.05) is 74.5 Å². The van der Waals surface area contributed by atoms with Gasteiger partial charge in [-0.25, -0.2) is 0 Å². The molecule has 136 valence electrons. The SMILES string of the molecule is CCC(Cl)(CCOCCC(Cl)(CC)c1ccccc1)c1ccccc1. The Morgan fingerprint density at radius 2 is 1.04 bits per heavy atom. The molecule has 0 heterocycles. The quantitative estimate of drug-likeness (QED) is 0.323. The lowest BCUT2D eigenvalue weighted by atomic mass is 9.92. The standard InChI is InChI=1S/C22H28Cl2O/c1-3-21(23,19-11-7-5-8-12-19)15-17-25-18-16-22(24,4-2)20-13-9-6-10-14-20/h5-14H,3-4,15-18H2,1-2H3. The second-order valence-electron chi connectivity index (χ2n) is 6.48. The summed E-state index contributed by atoms with van der Waals surface area (Å²) >= 11 is 13.7. The van der Waals surface area contributed by atoms with E-state index in [1.54, 1.807) is 0 Å². The van der Waals surface area contributed by atoms with E-state index >= 15 is 0 Å². The lowest BCUT2D eigenvalue weighted by molar-refractivity contribution is 0.112. The van der Waals surface area contributed by atoms with E-state index in [1.165, 1.54) is 0 Å². The first kappa shape index (κ1) is 20.3. The summed E-state index contributed by atoms with van der Waals surface area (Å²) in [5, 5.41) is 0. The number of hydrogen-bond donors (Lipinski definition) is 0. The van der Waals surface area contributed by atoms with Crippen molar-refractivity contribution in [3.8, 4) is 0 Å². The van der Waals surface area contributed by atoms with Crippen LogP contribution in [0.1, 0.15) is 50.7 Å². The van der Waals surface area contributed by atoms with Crippen LogP contribution in [0, 0.1) is 0 Å². The first-order chi connectivity index (χ1) is 12.0. The Bertz CT molecular complexity index is 561. The molecule has 0 saturated carbocycles. The second-order valence-corrected chi connectivity index (χ2v) is 7.93. The Labute approximate surface area is 162 Å². The van der Waals surface area contributed by atoms with Crippen molar-refractivity contribution in [3.05, 3.63) is 71.8 Å². The number of halogens is 2. The molecular weight excluding hydrogens is 351 g/mol. The van der Waals surface area contributed by atoms with Crippen molar-refractivity contribution < 1.29 is 4.74 Å². The number of benzene rings is 2. The normalized spacial score (nSPS) is 16.2. The van der Waals surface area contributed by atoms with Gasteiger partial charge in [0.1, 0.15) is 0 Å². The highest BCUT2D eigenvalue weighted by atomic mass is 35.5. The first-order valence-electron chi connectivity index (χ1n) is 9.11. The zero-order valence-corrected chi connectivity index (χ0v) is 16.7. The maximum Gasteiger partial charge on any atom is 0.0714 e. The van der Waals surface area contributed by atoms with E-state index in [9.17, 15) is 0 Å². The molecule has 2 atom stereocenters. The summed E-state index contributed by atoms with van der Waals surface area (Å²) in [4.78, 5) is -0.715. The number of ether oxygens (including phenoxy) is 1. The van der Waals surface area contributed by atoms with Gasteiger partial charge in [-0.2, -0.15) is 0 Å². The molecule has 0 spiro atoms. The highest BCUT2D eigenvalue weighted by molar-refractivity contribution is 6.24. The van der Waals surface area contributed by atoms with Crippen molar-refractivity contribution in [2.75, 3.05) is 13.2 Å². The maximum absolute atomic E-state index is 6.84. The van der Waals surface area contributed by atoms with E-state index in [2.05, 4.69) is 38.1 Å². The largest absolute Gasteiger partial charge is 0.381 e. The highest BCUT2D eigenvalue weighted by Gasteiger charge is 2.28. The monoisotopic (exact) mass is 378 g/mol. The van der Waals surface area contributed by atoms with Crippen molar-refractivity contribution in [1.29, 1.82) is 0 Å². The topological polar surface area (TPSA) is 9.23 Å². The molecule has 0 N–H and O–H groups in total. The lowest BCUT2D eigenvalue weighted by Crippen LogP contribution is -2.22. The molecule has 1 nitrogen and oxygen atoms in total. The average molecular weight is 379 g/mol. The van der Waals surface area contributed by atoms with Crippen LogP contribution in [0.15, 0.2) is 60.7 Å². The van der Waals surface area contributed by atoms with Crippen LogP contribution in [0.4, 0.5) is 0 Å². The van der Waals surface area contributed by atoms with Gasteiger partial charge in [0.25, 0.3) is 0 Å². The minimum atomic E-state index is -0.358. The van der Waals surface area contributed by atoms with Gasteiger partial charge < -0.3 is 4.74 Å². The fourth-order valence-corrected chi connectivity index (χ4v) is 3.50. The Hall–Kier alpha value is -1.02. The predicted molar refractivity (Wildman–Crippen MR) is 109 cm³/mol. The van der Waals surface area contributed by atoms with Crippen LogP contribution in [0.5, 0.6) is 0 Å². The van der Waals surface area contributed by atoms with E-state index in [1.807, 2.05) is 36.4 Å². The average Bonchev–Trinajstić information content (AvgIpc) is 2.68. The summed E-state index contributed by atoms with van der Waals surface area (Å²) < 4.78 is 5.90. The van der Waals surface area contributed by atoms with Gasteiger partial charge in [0.2, 0.25) is 0 Å². The van der Waals surface area contributed by atoms with Crippen molar-refractivity contribution in [1.82, 2.24) is 0 Å². The summed E-state index contributed by atoms with van der Waals surface area (Å²) in [7, 11) is 0. The van der Waals surface area contributed by atoms with Crippen LogP contribution in [0.2, 0.25) is 0 Å². The number of hydrogen-bond acceptors (Lipinski definition) is 1. The fraction of sp³-hybridized carbons (Fsp3) is 0.455. The number of alkyl halides is 2. The summed E-state index contributed by atoms with van der Waals surface area (Å²) in [6.45, 7) is 5.52. The molecule has 0 bridgehead atoms. The molecule has 0 radical (unpaired) electrons. The molecule has 2 rings (SSSR count). The van der Waals surface area contributed by atoms with Crippen molar-refractivity contribution >= 4 is 23.2 Å². The third-order valence-electron chi connectivity index (χ3n) is 4.99. The molecule has 25 heavy (non-hydrogen) atoms.